The Bertz CT molecular complexity index is 4560. The minimum atomic E-state index is 0.535. The van der Waals surface area contributed by atoms with Crippen molar-refractivity contribution in [3.8, 4) is 45.8 Å². The highest BCUT2D eigenvalue weighted by Gasteiger charge is 2.26. The minimum Gasteiger partial charge on any atom is -0.309 e. The lowest BCUT2D eigenvalue weighted by Crippen LogP contribution is -2.10. The van der Waals surface area contributed by atoms with Gasteiger partial charge in [-0.2, -0.15) is 15.0 Å². The van der Waals surface area contributed by atoms with Crippen LogP contribution in [0.25, 0.3) is 133 Å². The van der Waals surface area contributed by atoms with E-state index in [-0.39, 0.29) is 0 Å². The summed E-state index contributed by atoms with van der Waals surface area (Å²) in [6, 6.07) is 84.2. The quantitative estimate of drug-likeness (QED) is 0.167. The lowest BCUT2D eigenvalue weighted by molar-refractivity contribution is 0.893. The van der Waals surface area contributed by atoms with Gasteiger partial charge < -0.3 is 9.13 Å². The summed E-state index contributed by atoms with van der Waals surface area (Å²) >= 11 is 0. The minimum absolute atomic E-state index is 0.535. The average Bonchev–Trinajstić information content (AvgIpc) is 4.16. The second kappa shape index (κ2) is 15.0. The van der Waals surface area contributed by atoms with E-state index in [4.69, 9.17) is 15.0 Å². The largest absolute Gasteiger partial charge is 0.309 e. The summed E-state index contributed by atoms with van der Waals surface area (Å²) in [4.78, 5) is 16.5. The summed E-state index contributed by atoms with van der Waals surface area (Å²) in [7, 11) is 0. The Kier molecular flexibility index (Phi) is 8.23. The summed E-state index contributed by atoms with van der Waals surface area (Å²) in [6.45, 7) is 0. The molecule has 5 heterocycles. The van der Waals surface area contributed by atoms with Gasteiger partial charge in [0.2, 0.25) is 11.9 Å². The van der Waals surface area contributed by atoms with Gasteiger partial charge in [0, 0.05) is 60.0 Å². The van der Waals surface area contributed by atoms with E-state index in [9.17, 15) is 0 Å². The van der Waals surface area contributed by atoms with Crippen LogP contribution in [0.3, 0.4) is 0 Å². The number of para-hydroxylation sites is 6. The van der Waals surface area contributed by atoms with Crippen LogP contribution in [0.5, 0.6) is 0 Å². The van der Waals surface area contributed by atoms with Gasteiger partial charge in [-0.25, -0.2) is 0 Å². The Morgan fingerprint density at radius 3 is 1.19 bits per heavy atom. The third kappa shape index (κ3) is 5.54. The molecule has 0 amide bonds. The maximum Gasteiger partial charge on any atom is 0.240 e. The first kappa shape index (κ1) is 38.5. The predicted molar refractivity (Wildman–Crippen MR) is 288 cm³/mol. The van der Waals surface area contributed by atoms with Gasteiger partial charge in [0.15, 0.2) is 5.82 Å². The summed E-state index contributed by atoms with van der Waals surface area (Å²) in [5.74, 6) is 1.65. The van der Waals surface area contributed by atoms with Gasteiger partial charge in [0.05, 0.1) is 44.1 Å². The smallest absolute Gasteiger partial charge is 0.240 e. The van der Waals surface area contributed by atoms with Crippen molar-refractivity contribution in [2.24, 2.45) is 0 Å². The van der Waals surface area contributed by atoms with Crippen molar-refractivity contribution < 1.29 is 0 Å². The Hall–Kier alpha value is -9.59. The summed E-state index contributed by atoms with van der Waals surface area (Å²) in [5.41, 5.74) is 14.0. The Labute approximate surface area is 401 Å². The lowest BCUT2D eigenvalue weighted by Gasteiger charge is -2.13. The van der Waals surface area contributed by atoms with Gasteiger partial charge in [-0.05, 0) is 77.9 Å². The molecule has 5 aromatic heterocycles. The van der Waals surface area contributed by atoms with Crippen LogP contribution in [0, 0.1) is 0 Å². The Morgan fingerprint density at radius 2 is 0.614 bits per heavy atom. The number of benzene rings is 10. The molecule has 0 atom stereocenters. The second-order valence-electron chi connectivity index (χ2n) is 18.0. The van der Waals surface area contributed by atoms with Gasteiger partial charge in [-0.3, -0.25) is 9.13 Å². The second-order valence-corrected chi connectivity index (χ2v) is 18.0. The van der Waals surface area contributed by atoms with E-state index in [2.05, 4.69) is 249 Å². The van der Waals surface area contributed by atoms with Crippen LogP contribution < -0.4 is 0 Å². The molecule has 0 saturated heterocycles. The SMILES string of the molecule is c1ccc(-c2ccc(-c3nc(-n4c5ccccc5c5c6c7ccccc7n(-c7ccccc7)c6ccc54)nc(-n4c5ccccc5c5c4ccc4c6ccccc6n(-c6ccccc6)c45)n3)cc2)cc1. The first-order valence-electron chi connectivity index (χ1n) is 23.7. The van der Waals surface area contributed by atoms with Crippen molar-refractivity contribution in [1.82, 2.24) is 33.2 Å². The zero-order chi connectivity index (χ0) is 45.9. The molecule has 7 nitrogen and oxygen atoms in total. The highest BCUT2D eigenvalue weighted by molar-refractivity contribution is 6.29. The third-order valence-corrected chi connectivity index (χ3v) is 14.2. The predicted octanol–water partition coefficient (Wildman–Crippen LogP) is 15.6. The summed E-state index contributed by atoms with van der Waals surface area (Å²) in [6.07, 6.45) is 0. The first-order chi connectivity index (χ1) is 34.8. The molecular formula is C63H39N7. The van der Waals surface area contributed by atoms with Crippen molar-refractivity contribution in [1.29, 1.82) is 0 Å². The average molecular weight is 894 g/mol. The van der Waals surface area contributed by atoms with Crippen molar-refractivity contribution >= 4 is 87.2 Å². The Balaban J connectivity index is 1.05. The Morgan fingerprint density at radius 1 is 0.229 bits per heavy atom. The van der Waals surface area contributed by atoms with Gasteiger partial charge in [0.1, 0.15) is 0 Å². The molecule has 326 valence electrons. The standard InChI is InChI=1S/C63H39N7/c1-4-18-40(19-5-1)41-32-34-42(35-33-41)61-64-62(69-52-30-16-12-26-48(52)58-55(69)39-38-54-57(58)47-25-11-15-29-51(47)67(54)43-20-6-2-7-21-43)66-63(65-61)70-53-31-17-13-27-49(53)59-56(70)37-36-46-45-24-10-14-28-50(45)68(60(46)59)44-22-8-3-9-23-44/h1-39H. The van der Waals surface area contributed by atoms with Crippen molar-refractivity contribution in [3.05, 3.63) is 237 Å². The number of aromatic nitrogens is 7. The normalized spacial score (nSPS) is 12.0. The maximum absolute atomic E-state index is 5.60. The van der Waals surface area contributed by atoms with E-state index in [1.807, 2.05) is 6.07 Å². The van der Waals surface area contributed by atoms with E-state index in [0.29, 0.717) is 17.7 Å². The van der Waals surface area contributed by atoms with Crippen LogP contribution in [0.4, 0.5) is 0 Å². The van der Waals surface area contributed by atoms with Gasteiger partial charge >= 0.3 is 0 Å². The van der Waals surface area contributed by atoms with Crippen LogP contribution in [0.1, 0.15) is 0 Å². The first-order valence-corrected chi connectivity index (χ1v) is 23.7. The van der Waals surface area contributed by atoms with E-state index in [1.54, 1.807) is 0 Å². The molecule has 70 heavy (non-hydrogen) atoms. The topological polar surface area (TPSA) is 58.4 Å². The van der Waals surface area contributed by atoms with Crippen LogP contribution in [-0.2, 0) is 0 Å². The zero-order valence-corrected chi connectivity index (χ0v) is 37.6. The third-order valence-electron chi connectivity index (χ3n) is 14.2. The van der Waals surface area contributed by atoms with Crippen molar-refractivity contribution in [2.75, 3.05) is 0 Å². The summed E-state index contributed by atoms with van der Waals surface area (Å²) in [5, 5.41) is 9.32. The molecule has 0 bridgehead atoms. The fraction of sp³-hybridized carbons (Fsp3) is 0. The molecule has 0 radical (unpaired) electrons. The maximum atomic E-state index is 5.60. The molecule has 0 aliphatic heterocycles. The molecule has 0 aliphatic carbocycles. The molecule has 7 heteroatoms. The van der Waals surface area contributed by atoms with Crippen LogP contribution >= 0.6 is 0 Å². The monoisotopic (exact) mass is 893 g/mol. The molecule has 0 unspecified atom stereocenters. The molecular weight excluding hydrogens is 855 g/mol. The molecule has 0 saturated carbocycles. The lowest BCUT2D eigenvalue weighted by atomic mass is 10.0. The molecule has 0 aliphatic rings. The van der Waals surface area contributed by atoms with E-state index < -0.39 is 0 Å². The number of fused-ring (bicyclic) bond motifs is 14. The van der Waals surface area contributed by atoms with E-state index in [0.717, 1.165) is 93.7 Å². The molecule has 15 rings (SSSR count). The van der Waals surface area contributed by atoms with Crippen molar-refractivity contribution in [2.45, 2.75) is 0 Å². The number of hydrogen-bond acceptors (Lipinski definition) is 3. The van der Waals surface area contributed by atoms with Gasteiger partial charge in [0.25, 0.3) is 0 Å². The molecule has 15 aromatic rings. The summed E-state index contributed by atoms with van der Waals surface area (Å²) < 4.78 is 9.27. The van der Waals surface area contributed by atoms with Crippen molar-refractivity contribution in [3.63, 3.8) is 0 Å². The van der Waals surface area contributed by atoms with E-state index >= 15 is 0 Å². The fourth-order valence-electron chi connectivity index (χ4n) is 11.3. The fourth-order valence-corrected chi connectivity index (χ4v) is 11.3. The van der Waals surface area contributed by atoms with Gasteiger partial charge in [-0.1, -0.05) is 170 Å². The van der Waals surface area contributed by atoms with Crippen LogP contribution in [0.15, 0.2) is 237 Å². The number of rotatable bonds is 6. The zero-order valence-electron chi connectivity index (χ0n) is 37.6. The van der Waals surface area contributed by atoms with Crippen LogP contribution in [0.2, 0.25) is 0 Å². The van der Waals surface area contributed by atoms with Gasteiger partial charge in [-0.15, -0.1) is 0 Å². The molecule has 10 aromatic carbocycles. The van der Waals surface area contributed by atoms with Crippen LogP contribution in [-0.4, -0.2) is 33.2 Å². The number of nitrogens with zero attached hydrogens (tertiary/aromatic N) is 7. The highest BCUT2D eigenvalue weighted by atomic mass is 15.3. The molecule has 0 N–H and O–H groups in total. The number of hydrogen-bond donors (Lipinski definition) is 0. The molecule has 0 fully saturated rings. The highest BCUT2D eigenvalue weighted by Crippen LogP contribution is 2.44. The van der Waals surface area contributed by atoms with E-state index in [1.165, 1.54) is 21.5 Å². The molecule has 0 spiro atoms.